The lowest BCUT2D eigenvalue weighted by Crippen LogP contribution is -2.46. The summed E-state index contributed by atoms with van der Waals surface area (Å²) in [5, 5.41) is 13.4. The van der Waals surface area contributed by atoms with Crippen LogP contribution in [0, 0.1) is 0 Å². The van der Waals surface area contributed by atoms with Crippen LogP contribution >= 0.6 is 11.6 Å². The van der Waals surface area contributed by atoms with Gasteiger partial charge in [0.05, 0.1) is 12.6 Å². The summed E-state index contributed by atoms with van der Waals surface area (Å²) >= 11 is 6.12. The lowest BCUT2D eigenvalue weighted by Gasteiger charge is -2.37. The molecule has 1 unspecified atom stereocenters. The quantitative estimate of drug-likeness (QED) is 0.658. The molecule has 3 aromatic rings. The summed E-state index contributed by atoms with van der Waals surface area (Å²) in [6, 6.07) is 18.3. The first kappa shape index (κ1) is 19.1. The lowest BCUT2D eigenvalue weighted by molar-refractivity contribution is 0.121. The van der Waals surface area contributed by atoms with E-state index in [9.17, 15) is 0 Å². The minimum atomic E-state index is 0.00896. The summed E-state index contributed by atoms with van der Waals surface area (Å²) in [6.07, 6.45) is 0. The molecule has 1 aromatic heterocycles. The molecule has 28 heavy (non-hydrogen) atoms. The fourth-order valence-electron chi connectivity index (χ4n) is 3.52. The molecule has 0 bridgehead atoms. The maximum Gasteiger partial charge on any atom is 0.173 e. The van der Waals surface area contributed by atoms with E-state index in [4.69, 9.17) is 13.0 Å². The van der Waals surface area contributed by atoms with Gasteiger partial charge >= 0.3 is 0 Å². The van der Waals surface area contributed by atoms with Crippen molar-refractivity contribution < 1.29 is 1.37 Å². The Kier molecular flexibility index (Phi) is 6.31. The fraction of sp³-hybridized carbons (Fsp3) is 0.381. The van der Waals surface area contributed by atoms with Gasteiger partial charge in [-0.05, 0) is 40.7 Å². The SMILES string of the molecule is CN1CCN(C(c2ccc(Cl)cc2)c2nnnn2Cc2ccccc2)CC1.[2H]C. The van der Waals surface area contributed by atoms with Crippen LogP contribution in [0.25, 0.3) is 0 Å². The molecule has 0 spiro atoms. The molecule has 2 heterocycles. The zero-order valence-electron chi connectivity index (χ0n) is 17.4. The second kappa shape index (κ2) is 9.28. The number of aromatic nitrogens is 4. The van der Waals surface area contributed by atoms with Crippen molar-refractivity contribution in [3.05, 3.63) is 76.6 Å². The maximum atomic E-state index is 6.12. The first-order valence-corrected chi connectivity index (χ1v) is 9.56. The minimum absolute atomic E-state index is 0.00896. The molecule has 1 saturated heterocycles. The van der Waals surface area contributed by atoms with Crippen LogP contribution in [-0.2, 0) is 6.54 Å². The maximum absolute atomic E-state index is 6.12. The molecule has 6 nitrogen and oxygen atoms in total. The lowest BCUT2D eigenvalue weighted by atomic mass is 10.0. The Morgan fingerprint density at radius 2 is 1.71 bits per heavy atom. The number of tetrazole rings is 1. The second-order valence-electron chi connectivity index (χ2n) is 6.97. The highest BCUT2D eigenvalue weighted by molar-refractivity contribution is 6.30. The third-order valence-electron chi connectivity index (χ3n) is 5.07. The van der Waals surface area contributed by atoms with Crippen LogP contribution in [0.4, 0.5) is 0 Å². The number of benzene rings is 2. The van der Waals surface area contributed by atoms with Gasteiger partial charge in [-0.3, -0.25) is 4.90 Å². The molecule has 0 saturated carbocycles. The molecule has 0 radical (unpaired) electrons. The Hall–Kier alpha value is -2.28. The van der Waals surface area contributed by atoms with Gasteiger partial charge in [0.1, 0.15) is 0 Å². The van der Waals surface area contributed by atoms with Crippen LogP contribution in [0.15, 0.2) is 54.6 Å². The van der Waals surface area contributed by atoms with E-state index < -0.39 is 0 Å². The van der Waals surface area contributed by atoms with E-state index in [1.165, 1.54) is 13.0 Å². The van der Waals surface area contributed by atoms with Crippen LogP contribution in [0.5, 0.6) is 0 Å². The van der Waals surface area contributed by atoms with Crippen LogP contribution in [-0.4, -0.2) is 63.2 Å². The van der Waals surface area contributed by atoms with Crippen molar-refractivity contribution in [1.82, 2.24) is 30.0 Å². The number of nitrogens with zero attached hydrogens (tertiary/aromatic N) is 6. The van der Waals surface area contributed by atoms with Crippen molar-refractivity contribution >= 4 is 11.6 Å². The molecular weight excluding hydrogens is 372 g/mol. The molecule has 4 rings (SSSR count). The van der Waals surface area contributed by atoms with Crippen molar-refractivity contribution in [1.29, 1.82) is 0 Å². The molecule has 1 aliphatic heterocycles. The van der Waals surface area contributed by atoms with Crippen molar-refractivity contribution in [2.24, 2.45) is 0 Å². The molecule has 1 aliphatic rings. The molecule has 1 atom stereocenters. The second-order valence-corrected chi connectivity index (χ2v) is 7.41. The number of hydrogen-bond donors (Lipinski definition) is 0. The summed E-state index contributed by atoms with van der Waals surface area (Å²) in [4.78, 5) is 4.80. The van der Waals surface area contributed by atoms with Crippen molar-refractivity contribution in [3.63, 3.8) is 0 Å². The third-order valence-corrected chi connectivity index (χ3v) is 5.32. The monoisotopic (exact) mass is 399 g/mol. The van der Waals surface area contributed by atoms with Gasteiger partial charge in [0.15, 0.2) is 5.82 Å². The van der Waals surface area contributed by atoms with Crippen LogP contribution < -0.4 is 0 Å². The Labute approximate surface area is 173 Å². The Balaban J connectivity index is 0.00000117. The molecule has 0 amide bonds. The van der Waals surface area contributed by atoms with E-state index in [2.05, 4.69) is 56.6 Å². The predicted octanol–water partition coefficient (Wildman–Crippen LogP) is 3.35. The summed E-state index contributed by atoms with van der Waals surface area (Å²) in [6.45, 7) is 4.67. The highest BCUT2D eigenvalue weighted by Gasteiger charge is 2.29. The first-order chi connectivity index (χ1) is 14.2. The zero-order valence-corrected chi connectivity index (χ0v) is 17.1. The molecule has 7 heteroatoms. The summed E-state index contributed by atoms with van der Waals surface area (Å²) < 4.78 is 7.66. The predicted molar refractivity (Wildman–Crippen MR) is 112 cm³/mol. The van der Waals surface area contributed by atoms with Crippen LogP contribution in [0.3, 0.4) is 0 Å². The Bertz CT molecular complexity index is 862. The number of hydrogen-bond acceptors (Lipinski definition) is 5. The average Bonchev–Trinajstić information content (AvgIpc) is 3.21. The molecule has 0 N–H and O–H groups in total. The molecule has 148 valence electrons. The highest BCUT2D eigenvalue weighted by Crippen LogP contribution is 2.29. The van der Waals surface area contributed by atoms with E-state index in [1.807, 2.05) is 35.0 Å². The Morgan fingerprint density at radius 1 is 1.04 bits per heavy atom. The van der Waals surface area contributed by atoms with Crippen LogP contribution in [0.1, 0.15) is 31.8 Å². The van der Waals surface area contributed by atoms with E-state index in [1.54, 1.807) is 0 Å². The van der Waals surface area contributed by atoms with E-state index in [0.29, 0.717) is 6.54 Å². The number of rotatable bonds is 5. The number of likely N-dealkylation sites (N-methyl/N-ethyl adjacent to an activating group) is 1. The molecular formula is C21H27ClN6. The fourth-order valence-corrected chi connectivity index (χ4v) is 3.65. The van der Waals surface area contributed by atoms with Gasteiger partial charge in [0.25, 0.3) is 0 Å². The first-order valence-electron chi connectivity index (χ1n) is 10.2. The summed E-state index contributed by atoms with van der Waals surface area (Å²) in [5.41, 5.74) is 2.34. The van der Waals surface area contributed by atoms with Gasteiger partial charge < -0.3 is 4.90 Å². The van der Waals surface area contributed by atoms with Gasteiger partial charge in [-0.15, -0.1) is 5.10 Å². The topological polar surface area (TPSA) is 50.1 Å². The molecule has 0 aliphatic carbocycles. The summed E-state index contributed by atoms with van der Waals surface area (Å²) in [7, 11) is 3.41. The number of halogens is 1. The van der Waals surface area contributed by atoms with E-state index in [-0.39, 0.29) is 6.04 Å². The zero-order chi connectivity index (χ0) is 20.6. The summed E-state index contributed by atoms with van der Waals surface area (Å²) in [5.74, 6) is 0.866. The highest BCUT2D eigenvalue weighted by atomic mass is 35.5. The van der Waals surface area contributed by atoms with E-state index in [0.717, 1.165) is 42.6 Å². The van der Waals surface area contributed by atoms with Gasteiger partial charge in [-0.2, -0.15) is 0 Å². The Morgan fingerprint density at radius 3 is 2.39 bits per heavy atom. The number of piperazine rings is 1. The standard InChI is InChI=1S/C20H23ClN6.CH4/c1-25-11-13-26(14-12-25)19(17-7-9-18(21)10-8-17)20-22-23-24-27(20)15-16-5-3-2-4-6-16;/h2-10,19H,11-15H2,1H3;1H4/i;1D. The smallest absolute Gasteiger partial charge is 0.173 e. The third kappa shape index (κ3) is 4.58. The van der Waals surface area contributed by atoms with Gasteiger partial charge in [-0.25, -0.2) is 4.68 Å². The van der Waals surface area contributed by atoms with Crippen LogP contribution in [0.2, 0.25) is 5.02 Å². The largest absolute Gasteiger partial charge is 0.304 e. The van der Waals surface area contributed by atoms with Crippen molar-refractivity contribution in [3.8, 4) is 0 Å². The minimum Gasteiger partial charge on any atom is -0.304 e. The average molecular weight is 400 g/mol. The molecule has 1 fully saturated rings. The molecule has 2 aromatic carbocycles. The van der Waals surface area contributed by atoms with Crippen molar-refractivity contribution in [2.75, 3.05) is 33.2 Å². The van der Waals surface area contributed by atoms with E-state index >= 15 is 0 Å². The normalized spacial score (nSPS) is 16.8. The van der Waals surface area contributed by atoms with Crippen molar-refractivity contribution in [2.45, 2.75) is 20.0 Å². The van der Waals surface area contributed by atoms with Gasteiger partial charge in [0.2, 0.25) is 0 Å². The van der Waals surface area contributed by atoms with Gasteiger partial charge in [-0.1, -0.05) is 61.5 Å². The van der Waals surface area contributed by atoms with Gasteiger partial charge in [0, 0.05) is 32.6 Å².